The number of para-hydroxylation sites is 3. The van der Waals surface area contributed by atoms with Gasteiger partial charge in [0.1, 0.15) is 0 Å². The summed E-state index contributed by atoms with van der Waals surface area (Å²) >= 11 is 0. The van der Waals surface area contributed by atoms with Crippen LogP contribution < -0.4 is 5.73 Å². The normalized spacial score (nSPS) is 10.7. The number of anilines is 1. The average molecular weight is 747 g/mol. The molecular weight excluding hydrogens is 726 g/mol. The SMILES string of the molecule is C1CC1.Cl.Nc1cnn(-c2c(F)cccc2F)n1.O=C=Nc1cnn(-c2c(F)cccc2F)n1.[N-]=[N+]=NC(=O)c1cnn(-c2c(F)cccc2F)n1. The number of benzene rings is 3. The number of rotatable bonds is 5. The molecule has 0 saturated heterocycles. The molecule has 1 aliphatic carbocycles. The molecule has 0 radical (unpaired) electrons. The quantitative estimate of drug-likeness (QED) is 0.0528. The molecule has 16 nitrogen and oxygen atoms in total. The number of hydrogen-bond donors (Lipinski definition) is 1. The number of aromatic nitrogens is 9. The molecule has 7 rings (SSSR count). The number of halogens is 7. The van der Waals surface area contributed by atoms with Crippen molar-refractivity contribution in [3.05, 3.63) is 124 Å². The van der Waals surface area contributed by atoms with E-state index in [-0.39, 0.29) is 35.4 Å². The van der Waals surface area contributed by atoms with Gasteiger partial charge in [0.15, 0.2) is 63.5 Å². The Balaban J connectivity index is 0.000000201. The van der Waals surface area contributed by atoms with Gasteiger partial charge in [0, 0.05) is 4.91 Å². The summed E-state index contributed by atoms with van der Waals surface area (Å²) in [5.41, 5.74) is 11.8. The van der Waals surface area contributed by atoms with Crippen LogP contribution in [0.15, 0.2) is 83.3 Å². The van der Waals surface area contributed by atoms with Gasteiger partial charge in [-0.1, -0.05) is 37.5 Å². The van der Waals surface area contributed by atoms with E-state index in [2.05, 4.69) is 45.6 Å². The largest absolute Gasteiger partial charge is 0.381 e. The Hall–Kier alpha value is -6.89. The number of isocyanates is 1. The zero-order valence-electron chi connectivity index (χ0n) is 25.9. The summed E-state index contributed by atoms with van der Waals surface area (Å²) in [7, 11) is 0. The van der Waals surface area contributed by atoms with Crippen LogP contribution in [0.3, 0.4) is 0 Å². The van der Waals surface area contributed by atoms with Crippen LogP contribution in [-0.2, 0) is 4.79 Å². The van der Waals surface area contributed by atoms with Gasteiger partial charge >= 0.3 is 0 Å². The van der Waals surface area contributed by atoms with Crippen LogP contribution in [0.2, 0.25) is 0 Å². The van der Waals surface area contributed by atoms with Gasteiger partial charge in [-0.15, -0.1) is 47.1 Å². The smallest absolute Gasteiger partial charge is 0.270 e. The van der Waals surface area contributed by atoms with E-state index in [4.69, 9.17) is 11.3 Å². The number of hydrogen-bond acceptors (Lipinski definition) is 10. The van der Waals surface area contributed by atoms with Crippen molar-refractivity contribution in [3.8, 4) is 17.1 Å². The second-order valence-corrected chi connectivity index (χ2v) is 9.54. The van der Waals surface area contributed by atoms with Crippen molar-refractivity contribution in [2.75, 3.05) is 5.73 Å². The van der Waals surface area contributed by atoms with Gasteiger partial charge in [-0.2, -0.15) is 15.3 Å². The van der Waals surface area contributed by atoms with E-state index in [1.165, 1.54) is 49.7 Å². The molecule has 0 unspecified atom stereocenters. The lowest BCUT2D eigenvalue weighted by atomic mass is 10.3. The number of carbonyl (C=O) groups is 1. The molecule has 0 spiro atoms. The second kappa shape index (κ2) is 18.8. The average Bonchev–Trinajstić information content (AvgIpc) is 3.58. The minimum absolute atomic E-state index is 0. The molecule has 0 atom stereocenters. The molecule has 1 amide bonds. The van der Waals surface area contributed by atoms with Crippen LogP contribution in [0.1, 0.15) is 29.8 Å². The minimum Gasteiger partial charge on any atom is -0.381 e. The highest BCUT2D eigenvalue weighted by Gasteiger charge is 2.16. The third kappa shape index (κ3) is 10.6. The van der Waals surface area contributed by atoms with Crippen LogP contribution in [0.4, 0.5) is 38.0 Å². The maximum absolute atomic E-state index is 13.4. The van der Waals surface area contributed by atoms with Crippen LogP contribution in [-0.4, -0.2) is 57.0 Å². The van der Waals surface area contributed by atoms with Crippen LogP contribution in [0, 0.1) is 34.9 Å². The Kier molecular flexibility index (Phi) is 14.3. The summed E-state index contributed by atoms with van der Waals surface area (Å²) in [6.07, 6.45) is 9.01. The summed E-state index contributed by atoms with van der Waals surface area (Å²) in [5.74, 6) is -5.80. The molecule has 0 aliphatic heterocycles. The van der Waals surface area contributed by atoms with Gasteiger partial charge in [-0.3, -0.25) is 4.79 Å². The molecule has 2 N–H and O–H groups in total. The molecule has 23 heteroatoms. The maximum atomic E-state index is 13.4. The van der Waals surface area contributed by atoms with Gasteiger partial charge in [0.2, 0.25) is 11.9 Å². The van der Waals surface area contributed by atoms with E-state index >= 15 is 0 Å². The van der Waals surface area contributed by atoms with Gasteiger partial charge in [-0.25, -0.2) is 31.1 Å². The van der Waals surface area contributed by atoms with Crippen LogP contribution in [0.25, 0.3) is 27.5 Å². The first-order chi connectivity index (χ1) is 24.5. The number of carbonyl (C=O) groups excluding carboxylic acids is 2. The molecule has 6 aromatic rings. The fraction of sp³-hybridized carbons (Fsp3) is 0.103. The number of amides is 1. The van der Waals surface area contributed by atoms with Crippen LogP contribution in [0.5, 0.6) is 0 Å². The Morgan fingerprint density at radius 1 is 0.692 bits per heavy atom. The predicted molar refractivity (Wildman–Crippen MR) is 171 cm³/mol. The highest BCUT2D eigenvalue weighted by molar-refractivity contribution is 5.92. The van der Waals surface area contributed by atoms with E-state index in [1.54, 1.807) is 0 Å². The predicted octanol–water partition coefficient (Wildman–Crippen LogP) is 6.23. The standard InChI is InChI=1S/C9H4F2N6O.C9H4F2N4O.C8H6F2N4.C3H6.ClH/c10-5-2-1-3-6(11)8(5)17-13-4-7(15-17)9(18)14-16-12;10-6-2-1-3-7(11)9(6)15-13-4-8(14-15)12-5-16;9-5-2-1-3-6(10)8(5)14-12-4-7(11)13-14;1-2-3-1;/h1-4H;1-4H;1-4H,(H2,11,13);1-3H2;1H. The molecule has 3 aromatic carbocycles. The third-order valence-corrected chi connectivity index (χ3v) is 5.76. The lowest BCUT2D eigenvalue weighted by Gasteiger charge is -2.01. The molecule has 0 bridgehead atoms. The molecule has 1 saturated carbocycles. The molecular formula is C29H21ClF6N14O2. The van der Waals surface area contributed by atoms with E-state index in [9.17, 15) is 35.9 Å². The molecule has 52 heavy (non-hydrogen) atoms. The first kappa shape index (κ1) is 39.5. The maximum Gasteiger partial charge on any atom is 0.270 e. The Morgan fingerprint density at radius 2 is 1.10 bits per heavy atom. The number of nitrogens with zero attached hydrogens (tertiary/aromatic N) is 13. The second-order valence-electron chi connectivity index (χ2n) is 9.54. The number of nitrogens with two attached hydrogens (primary N) is 1. The first-order valence-electron chi connectivity index (χ1n) is 14.1. The van der Waals surface area contributed by atoms with E-state index in [1.807, 2.05) is 0 Å². The topological polar surface area (TPSA) is 213 Å². The molecule has 3 aromatic heterocycles. The van der Waals surface area contributed by atoms with Crippen molar-refractivity contribution in [1.29, 1.82) is 0 Å². The monoisotopic (exact) mass is 746 g/mol. The van der Waals surface area contributed by atoms with E-state index in [0.717, 1.165) is 58.4 Å². The summed E-state index contributed by atoms with van der Waals surface area (Å²) in [6, 6.07) is 10.1. The highest BCUT2D eigenvalue weighted by Crippen LogP contribution is 2.18. The van der Waals surface area contributed by atoms with E-state index < -0.39 is 52.2 Å². The van der Waals surface area contributed by atoms with E-state index in [0.29, 0.717) is 4.80 Å². The van der Waals surface area contributed by atoms with Crippen molar-refractivity contribution in [1.82, 2.24) is 45.0 Å². The number of nitrogen functional groups attached to an aromatic ring is 1. The Morgan fingerprint density at radius 3 is 1.48 bits per heavy atom. The molecule has 1 aliphatic rings. The van der Waals surface area contributed by atoms with Crippen molar-refractivity contribution >= 4 is 36.0 Å². The first-order valence-corrected chi connectivity index (χ1v) is 14.1. The lowest BCUT2D eigenvalue weighted by Crippen LogP contribution is -2.06. The van der Waals surface area contributed by atoms with Crippen molar-refractivity contribution < 1.29 is 35.9 Å². The zero-order valence-corrected chi connectivity index (χ0v) is 26.7. The molecule has 3 heterocycles. The Bertz CT molecular complexity index is 2180. The summed E-state index contributed by atoms with van der Waals surface area (Å²) in [5, 5.41) is 24.2. The summed E-state index contributed by atoms with van der Waals surface area (Å²) in [4.78, 5) is 28.7. The highest BCUT2D eigenvalue weighted by atomic mass is 35.5. The fourth-order valence-electron chi connectivity index (χ4n) is 3.44. The zero-order chi connectivity index (χ0) is 36.9. The summed E-state index contributed by atoms with van der Waals surface area (Å²) < 4.78 is 79.7. The van der Waals surface area contributed by atoms with Gasteiger partial charge in [0.25, 0.3) is 5.91 Å². The van der Waals surface area contributed by atoms with Gasteiger partial charge in [0.05, 0.1) is 18.6 Å². The van der Waals surface area contributed by atoms with Crippen molar-refractivity contribution in [3.63, 3.8) is 0 Å². The van der Waals surface area contributed by atoms with Gasteiger partial charge in [-0.05, 0) is 47.0 Å². The number of aliphatic imine (C=N–C) groups is 1. The van der Waals surface area contributed by atoms with Crippen molar-refractivity contribution in [2.45, 2.75) is 19.3 Å². The summed E-state index contributed by atoms with van der Waals surface area (Å²) in [6.45, 7) is 0. The van der Waals surface area contributed by atoms with Crippen LogP contribution >= 0.6 is 12.4 Å². The van der Waals surface area contributed by atoms with Gasteiger partial charge < -0.3 is 5.73 Å². The lowest BCUT2D eigenvalue weighted by molar-refractivity contribution is 0.0995. The van der Waals surface area contributed by atoms with Crippen molar-refractivity contribution in [2.24, 2.45) is 10.1 Å². The molecule has 1 fully saturated rings. The number of azide groups is 1. The third-order valence-electron chi connectivity index (χ3n) is 5.76. The molecule has 268 valence electrons. The Labute approximate surface area is 293 Å². The fourth-order valence-corrected chi connectivity index (χ4v) is 3.44. The minimum atomic E-state index is -0.986.